The number of nitrogens with one attached hydrogen (secondary N) is 1. The van der Waals surface area contributed by atoms with Crippen LogP contribution in [0.5, 0.6) is 0 Å². The van der Waals surface area contributed by atoms with Gasteiger partial charge in [-0.3, -0.25) is 0 Å². The van der Waals surface area contributed by atoms with Gasteiger partial charge in [0.05, 0.1) is 10.6 Å². The van der Waals surface area contributed by atoms with Gasteiger partial charge in [0, 0.05) is 0 Å². The van der Waals surface area contributed by atoms with E-state index in [1.165, 1.54) is 0 Å². The molecule has 1 heterocycles. The standard InChI is InChI=1S/C7H5NO2S/c9-11(10)5-8-6-3-1-2-4-7(6)11/h1-4,8H. The monoisotopic (exact) mass is 167 g/mol. The van der Waals surface area contributed by atoms with E-state index in [0.717, 1.165) is 0 Å². The van der Waals surface area contributed by atoms with E-state index in [0.29, 0.717) is 10.6 Å². The molecule has 0 aromatic heterocycles. The molecule has 0 fully saturated rings. The van der Waals surface area contributed by atoms with Gasteiger partial charge in [-0.25, -0.2) is 8.42 Å². The van der Waals surface area contributed by atoms with Crippen LogP contribution in [-0.2, 0) is 9.84 Å². The van der Waals surface area contributed by atoms with Gasteiger partial charge in [0.2, 0.25) is 15.7 Å². The van der Waals surface area contributed by atoms with Gasteiger partial charge in [0.15, 0.2) is 0 Å². The van der Waals surface area contributed by atoms with Gasteiger partial charge in [-0.05, 0) is 12.1 Å². The lowest BCUT2D eigenvalue weighted by Crippen LogP contribution is -1.95. The Labute approximate surface area is 65.0 Å². The minimum absolute atomic E-state index is 0.306. The fraction of sp³-hybridized carbons (Fsp3) is 0. The molecule has 3 nitrogen and oxygen atoms in total. The molecule has 0 bridgehead atoms. The molecule has 1 N–H and O–H groups in total. The number of benzene rings is 1. The molecule has 56 valence electrons. The van der Waals surface area contributed by atoms with Gasteiger partial charge < -0.3 is 5.32 Å². The van der Waals surface area contributed by atoms with Crippen molar-refractivity contribution in [1.82, 2.24) is 0 Å². The highest BCUT2D eigenvalue weighted by Gasteiger charge is 2.26. The first-order valence-corrected chi connectivity index (χ1v) is 4.55. The van der Waals surface area contributed by atoms with Crippen LogP contribution in [0.3, 0.4) is 0 Å². The summed E-state index contributed by atoms with van der Waals surface area (Å²) in [4.78, 5) is 0.306. The van der Waals surface area contributed by atoms with Crippen LogP contribution in [0.15, 0.2) is 29.2 Å². The predicted molar refractivity (Wildman–Crippen MR) is 40.5 cm³/mol. The first kappa shape index (κ1) is 6.67. The Hall–Kier alpha value is -1.03. The molecule has 1 aromatic carbocycles. The summed E-state index contributed by atoms with van der Waals surface area (Å²) in [7, 11) is -3.27. The highest BCUT2D eigenvalue weighted by molar-refractivity contribution is 7.94. The Bertz CT molecular complexity index is 383. The van der Waals surface area contributed by atoms with Crippen molar-refractivity contribution in [3.63, 3.8) is 0 Å². The fourth-order valence-corrected chi connectivity index (χ4v) is 2.00. The minimum Gasteiger partial charge on any atom is -0.359 e. The molecule has 1 aliphatic rings. The molecular formula is C7H5NO2S. The van der Waals surface area contributed by atoms with E-state index in [9.17, 15) is 8.42 Å². The normalized spacial score (nSPS) is 18.9. The van der Waals surface area contributed by atoms with Crippen molar-refractivity contribution in [1.29, 1.82) is 0 Å². The second kappa shape index (κ2) is 1.98. The van der Waals surface area contributed by atoms with Gasteiger partial charge in [0.25, 0.3) is 0 Å². The van der Waals surface area contributed by atoms with E-state index in [1.54, 1.807) is 24.3 Å². The molecule has 0 atom stereocenters. The van der Waals surface area contributed by atoms with Crippen LogP contribution in [0.2, 0.25) is 0 Å². The summed E-state index contributed by atoms with van der Waals surface area (Å²) in [6.07, 6.45) is 0. The smallest absolute Gasteiger partial charge is 0.228 e. The number of anilines is 1. The zero-order valence-corrected chi connectivity index (χ0v) is 6.35. The lowest BCUT2D eigenvalue weighted by atomic mass is 10.3. The van der Waals surface area contributed by atoms with E-state index >= 15 is 0 Å². The zero-order chi connectivity index (χ0) is 7.90. The topological polar surface area (TPSA) is 46.2 Å². The van der Waals surface area contributed by atoms with Crippen molar-refractivity contribution >= 4 is 15.5 Å². The van der Waals surface area contributed by atoms with Crippen LogP contribution in [0.1, 0.15) is 0 Å². The van der Waals surface area contributed by atoms with Crippen LogP contribution in [-0.4, -0.2) is 8.42 Å². The van der Waals surface area contributed by atoms with Crippen molar-refractivity contribution in [3.05, 3.63) is 30.1 Å². The Morgan fingerprint density at radius 2 is 2.00 bits per heavy atom. The summed E-state index contributed by atoms with van der Waals surface area (Å²) in [6.45, 7) is 0. The summed E-state index contributed by atoms with van der Waals surface area (Å²) < 4.78 is 22.2. The summed E-state index contributed by atoms with van der Waals surface area (Å²) in [6, 6.07) is 6.71. The third-order valence-corrected chi connectivity index (χ3v) is 2.80. The molecule has 2 rings (SSSR count). The van der Waals surface area contributed by atoms with E-state index in [-0.39, 0.29) is 0 Å². The van der Waals surface area contributed by atoms with Crippen LogP contribution in [0, 0.1) is 5.88 Å². The lowest BCUT2D eigenvalue weighted by Gasteiger charge is -1.92. The molecule has 11 heavy (non-hydrogen) atoms. The van der Waals surface area contributed by atoms with Crippen LogP contribution in [0.4, 0.5) is 5.69 Å². The number of hydrogen-bond acceptors (Lipinski definition) is 3. The zero-order valence-electron chi connectivity index (χ0n) is 5.53. The van der Waals surface area contributed by atoms with Crippen molar-refractivity contribution < 1.29 is 8.42 Å². The Kier molecular flexibility index (Phi) is 1.20. The van der Waals surface area contributed by atoms with Crippen molar-refractivity contribution in [2.24, 2.45) is 0 Å². The van der Waals surface area contributed by atoms with E-state index < -0.39 is 9.84 Å². The number of para-hydroxylation sites is 1. The summed E-state index contributed by atoms with van der Waals surface area (Å²) >= 11 is 0. The van der Waals surface area contributed by atoms with Gasteiger partial charge in [-0.1, -0.05) is 12.1 Å². The van der Waals surface area contributed by atoms with Crippen LogP contribution < -0.4 is 5.32 Å². The van der Waals surface area contributed by atoms with E-state index in [4.69, 9.17) is 0 Å². The molecule has 1 aromatic rings. The Morgan fingerprint density at radius 1 is 1.27 bits per heavy atom. The second-order valence-corrected chi connectivity index (χ2v) is 3.88. The molecular weight excluding hydrogens is 162 g/mol. The Balaban J connectivity index is 2.75. The summed E-state index contributed by atoms with van der Waals surface area (Å²) in [5.41, 5.74) is 0.604. The average molecular weight is 167 g/mol. The van der Waals surface area contributed by atoms with Crippen molar-refractivity contribution in [3.8, 4) is 0 Å². The predicted octanol–water partition coefficient (Wildman–Crippen LogP) is 0.882. The second-order valence-electron chi connectivity index (χ2n) is 2.23. The molecule has 0 spiro atoms. The molecule has 1 aliphatic heterocycles. The maximum atomic E-state index is 11.1. The third kappa shape index (κ3) is 0.903. The quantitative estimate of drug-likeness (QED) is 0.624. The van der Waals surface area contributed by atoms with Gasteiger partial charge in [0.1, 0.15) is 0 Å². The summed E-state index contributed by atoms with van der Waals surface area (Å²) in [5, 5.41) is 2.55. The van der Waals surface area contributed by atoms with Gasteiger partial charge in [-0.15, -0.1) is 0 Å². The fourth-order valence-electron chi connectivity index (χ4n) is 0.981. The molecule has 0 saturated heterocycles. The van der Waals surface area contributed by atoms with Crippen molar-refractivity contribution in [2.45, 2.75) is 4.90 Å². The highest BCUT2D eigenvalue weighted by atomic mass is 32.2. The van der Waals surface area contributed by atoms with E-state index in [2.05, 4.69) is 11.2 Å². The lowest BCUT2D eigenvalue weighted by molar-refractivity contribution is 0.604. The van der Waals surface area contributed by atoms with Crippen LogP contribution in [0.25, 0.3) is 0 Å². The molecule has 0 aliphatic carbocycles. The maximum absolute atomic E-state index is 11.1. The first-order valence-electron chi connectivity index (χ1n) is 3.07. The number of hydrogen-bond donors (Lipinski definition) is 1. The maximum Gasteiger partial charge on any atom is 0.228 e. The molecule has 4 heteroatoms. The minimum atomic E-state index is -3.27. The number of rotatable bonds is 0. The average Bonchev–Trinajstić information content (AvgIpc) is 2.29. The largest absolute Gasteiger partial charge is 0.359 e. The highest BCUT2D eigenvalue weighted by Crippen LogP contribution is 2.29. The van der Waals surface area contributed by atoms with Crippen molar-refractivity contribution in [2.75, 3.05) is 5.32 Å². The SMILES string of the molecule is O=S1(=O)[C]Nc2ccccc21. The Morgan fingerprint density at radius 3 is 2.73 bits per heavy atom. The summed E-state index contributed by atoms with van der Waals surface area (Å²) in [5.74, 6) is 2.18. The molecule has 2 radical (unpaired) electrons. The van der Waals surface area contributed by atoms with E-state index in [1.807, 2.05) is 0 Å². The molecule has 0 amide bonds. The number of sulfone groups is 1. The molecule has 0 unspecified atom stereocenters. The third-order valence-electron chi connectivity index (χ3n) is 1.50. The van der Waals surface area contributed by atoms with Gasteiger partial charge >= 0.3 is 0 Å². The van der Waals surface area contributed by atoms with Crippen LogP contribution >= 0.6 is 0 Å². The van der Waals surface area contributed by atoms with Gasteiger partial charge in [-0.2, -0.15) is 0 Å². The number of fused-ring (bicyclic) bond motifs is 1. The molecule has 0 saturated carbocycles. The first-order chi connectivity index (χ1) is 5.20.